The van der Waals surface area contributed by atoms with E-state index in [1.165, 1.54) is 4.31 Å². The number of hydrogen-bond donors (Lipinski definition) is 1. The Labute approximate surface area is 221 Å². The van der Waals surface area contributed by atoms with Gasteiger partial charge in [-0.1, -0.05) is 48.5 Å². The number of benzene rings is 3. The molecular formula is C28H27N3O6S. The molecule has 9 nitrogen and oxygen atoms in total. The smallest absolute Gasteiger partial charge is 0.318 e. The van der Waals surface area contributed by atoms with Crippen molar-refractivity contribution in [2.45, 2.75) is 26.5 Å². The molecule has 1 aliphatic heterocycles. The fourth-order valence-corrected chi connectivity index (χ4v) is 6.03. The lowest BCUT2D eigenvalue weighted by Crippen LogP contribution is -2.45. The number of anilines is 1. The van der Waals surface area contributed by atoms with Crippen molar-refractivity contribution >= 4 is 21.9 Å². The van der Waals surface area contributed by atoms with Crippen molar-refractivity contribution in [2.75, 3.05) is 17.4 Å². The number of aliphatic carboxylic acids is 1. The number of rotatable bonds is 10. The third-order valence-electron chi connectivity index (χ3n) is 6.31. The summed E-state index contributed by atoms with van der Waals surface area (Å²) in [4.78, 5) is 16.1. The molecule has 5 rings (SSSR count). The molecule has 3 aromatic carbocycles. The minimum absolute atomic E-state index is 0.119. The van der Waals surface area contributed by atoms with Crippen molar-refractivity contribution in [3.05, 3.63) is 101 Å². The Bertz CT molecular complexity index is 1550. The maximum atomic E-state index is 13.5. The third kappa shape index (κ3) is 5.41. The second-order valence-electron chi connectivity index (χ2n) is 8.94. The van der Waals surface area contributed by atoms with Gasteiger partial charge in [0.1, 0.15) is 30.4 Å². The van der Waals surface area contributed by atoms with Crippen LogP contribution in [0, 0.1) is 6.92 Å². The number of hydrogen-bond acceptors (Lipinski definition) is 6. The van der Waals surface area contributed by atoms with E-state index in [1.807, 2.05) is 49.4 Å². The molecule has 0 spiro atoms. The summed E-state index contributed by atoms with van der Waals surface area (Å²) in [6.07, 6.45) is 0.576. The second-order valence-corrected chi connectivity index (χ2v) is 10.8. The van der Waals surface area contributed by atoms with Crippen LogP contribution in [0.5, 0.6) is 5.75 Å². The molecule has 0 radical (unpaired) electrons. The van der Waals surface area contributed by atoms with Crippen molar-refractivity contribution in [3.8, 4) is 17.2 Å². The van der Waals surface area contributed by atoms with E-state index in [9.17, 15) is 18.3 Å². The van der Waals surface area contributed by atoms with Gasteiger partial charge in [-0.25, -0.2) is 4.98 Å². The first kappa shape index (κ1) is 25.5. The van der Waals surface area contributed by atoms with E-state index in [0.717, 1.165) is 15.4 Å². The van der Waals surface area contributed by atoms with Crippen molar-refractivity contribution in [2.24, 2.45) is 0 Å². The minimum atomic E-state index is -4.08. The predicted molar refractivity (Wildman–Crippen MR) is 142 cm³/mol. The van der Waals surface area contributed by atoms with Gasteiger partial charge in [-0.15, -0.1) is 0 Å². The normalized spacial score (nSPS) is 13.1. The van der Waals surface area contributed by atoms with Crippen LogP contribution in [0.4, 0.5) is 5.69 Å². The van der Waals surface area contributed by atoms with Gasteiger partial charge in [-0.2, -0.15) is 12.7 Å². The summed E-state index contributed by atoms with van der Waals surface area (Å²) in [5, 5.41) is 9.47. The summed E-state index contributed by atoms with van der Waals surface area (Å²) in [7, 11) is -4.08. The molecule has 2 heterocycles. The highest BCUT2D eigenvalue weighted by atomic mass is 32.2. The monoisotopic (exact) mass is 533 g/mol. The first-order valence-electron chi connectivity index (χ1n) is 12.1. The van der Waals surface area contributed by atoms with Crippen LogP contribution in [0.15, 0.2) is 83.3 Å². The van der Waals surface area contributed by atoms with Crippen LogP contribution in [-0.2, 0) is 34.6 Å². The third-order valence-corrected chi connectivity index (χ3v) is 8.15. The van der Waals surface area contributed by atoms with Crippen LogP contribution < -0.4 is 9.04 Å². The van der Waals surface area contributed by atoms with Crippen LogP contribution in [0.1, 0.15) is 22.6 Å². The maximum absolute atomic E-state index is 13.5. The molecule has 38 heavy (non-hydrogen) atoms. The van der Waals surface area contributed by atoms with Crippen molar-refractivity contribution in [1.29, 1.82) is 0 Å². The Morgan fingerprint density at radius 1 is 1.08 bits per heavy atom. The van der Waals surface area contributed by atoms with Gasteiger partial charge in [0.2, 0.25) is 5.89 Å². The first-order valence-corrected chi connectivity index (χ1v) is 13.5. The highest BCUT2D eigenvalue weighted by Gasteiger charge is 2.35. The molecule has 10 heteroatoms. The number of para-hydroxylation sites is 1. The van der Waals surface area contributed by atoms with Gasteiger partial charge in [-0.3, -0.25) is 9.10 Å². The van der Waals surface area contributed by atoms with E-state index in [1.54, 1.807) is 36.4 Å². The van der Waals surface area contributed by atoms with E-state index in [4.69, 9.17) is 9.15 Å². The van der Waals surface area contributed by atoms with Crippen LogP contribution in [0.2, 0.25) is 0 Å². The molecule has 0 unspecified atom stereocenters. The molecule has 0 saturated heterocycles. The van der Waals surface area contributed by atoms with Gasteiger partial charge >= 0.3 is 16.2 Å². The fraction of sp³-hybridized carbons (Fsp3) is 0.214. The number of nitrogens with zero attached hydrogens (tertiary/aromatic N) is 3. The zero-order valence-corrected chi connectivity index (χ0v) is 21.6. The lowest BCUT2D eigenvalue weighted by atomic mass is 10.2. The zero-order valence-electron chi connectivity index (χ0n) is 20.8. The number of carboxylic acids is 1. The molecule has 0 fully saturated rings. The molecule has 1 aliphatic rings. The van der Waals surface area contributed by atoms with Gasteiger partial charge in [0, 0.05) is 18.7 Å². The lowest BCUT2D eigenvalue weighted by Gasteiger charge is -2.28. The predicted octanol–water partition coefficient (Wildman–Crippen LogP) is 4.42. The summed E-state index contributed by atoms with van der Waals surface area (Å²) < 4.78 is 41.0. The van der Waals surface area contributed by atoms with E-state index < -0.39 is 22.7 Å². The van der Waals surface area contributed by atoms with Crippen LogP contribution >= 0.6 is 0 Å². The summed E-state index contributed by atoms with van der Waals surface area (Å²) in [5.41, 5.74) is 3.61. The summed E-state index contributed by atoms with van der Waals surface area (Å²) in [5.74, 6) is 0.424. The highest BCUT2D eigenvalue weighted by Crippen LogP contribution is 2.32. The molecule has 0 amide bonds. The number of aryl methyl sites for hydroxylation is 1. The second kappa shape index (κ2) is 10.7. The largest absolute Gasteiger partial charge is 0.487 e. The minimum Gasteiger partial charge on any atom is -0.487 e. The van der Waals surface area contributed by atoms with E-state index in [-0.39, 0.29) is 19.7 Å². The molecule has 4 aromatic rings. The molecular weight excluding hydrogens is 506 g/mol. The molecule has 0 saturated carbocycles. The summed E-state index contributed by atoms with van der Waals surface area (Å²) >= 11 is 0. The zero-order chi connectivity index (χ0) is 26.7. The first-order chi connectivity index (χ1) is 18.3. The van der Waals surface area contributed by atoms with Crippen LogP contribution in [0.25, 0.3) is 11.5 Å². The SMILES string of the molecule is Cc1oc(-c2ccccc2)nc1COc1cccc(CN(CC(=O)O)S(=O)(=O)N2CCc3ccccc32)c1. The van der Waals surface area contributed by atoms with Gasteiger partial charge in [0.05, 0.1) is 5.69 Å². The van der Waals surface area contributed by atoms with Gasteiger partial charge in [-0.05, 0) is 54.8 Å². The Hall–Kier alpha value is -4.15. The van der Waals surface area contributed by atoms with Crippen LogP contribution in [-0.4, -0.2) is 41.9 Å². The standard InChI is InChI=1S/C28H27N3O6S/c1-20-25(29-28(37-20)23-10-3-2-4-11-23)19-36-24-12-7-8-21(16-24)17-30(18-27(32)33)38(34,35)31-15-14-22-9-5-6-13-26(22)31/h2-13,16H,14-15,17-19H2,1H3,(H,32,33). The fourth-order valence-electron chi connectivity index (χ4n) is 4.41. The summed E-state index contributed by atoms with van der Waals surface area (Å²) in [6.45, 7) is 1.47. The highest BCUT2D eigenvalue weighted by molar-refractivity contribution is 7.90. The molecule has 1 aromatic heterocycles. The Balaban J connectivity index is 1.32. The van der Waals surface area contributed by atoms with Crippen molar-refractivity contribution in [1.82, 2.24) is 9.29 Å². The van der Waals surface area contributed by atoms with Crippen LogP contribution in [0.3, 0.4) is 0 Å². The number of carbonyl (C=O) groups is 1. The number of oxazole rings is 1. The molecule has 0 atom stereocenters. The molecule has 0 aliphatic carbocycles. The molecule has 196 valence electrons. The number of carboxylic acid groups (broad SMARTS) is 1. The lowest BCUT2D eigenvalue weighted by molar-refractivity contribution is -0.137. The van der Waals surface area contributed by atoms with E-state index in [2.05, 4.69) is 4.98 Å². The quantitative estimate of drug-likeness (QED) is 0.321. The Morgan fingerprint density at radius 2 is 1.84 bits per heavy atom. The van der Waals surface area contributed by atoms with Gasteiger partial charge in [0.15, 0.2) is 0 Å². The van der Waals surface area contributed by atoms with E-state index in [0.29, 0.717) is 40.8 Å². The average molecular weight is 534 g/mol. The topological polar surface area (TPSA) is 113 Å². The number of fused-ring (bicyclic) bond motifs is 1. The number of ether oxygens (including phenoxy) is 1. The van der Waals surface area contributed by atoms with Gasteiger partial charge in [0.25, 0.3) is 0 Å². The van der Waals surface area contributed by atoms with Gasteiger partial charge < -0.3 is 14.3 Å². The average Bonchev–Trinajstić information content (AvgIpc) is 3.51. The molecule has 0 bridgehead atoms. The maximum Gasteiger partial charge on any atom is 0.318 e. The van der Waals surface area contributed by atoms with Crippen molar-refractivity contribution < 1.29 is 27.5 Å². The Morgan fingerprint density at radius 3 is 2.63 bits per heavy atom. The Kier molecular flexibility index (Phi) is 7.17. The number of aromatic nitrogens is 1. The van der Waals surface area contributed by atoms with E-state index >= 15 is 0 Å². The molecule has 1 N–H and O–H groups in total. The summed E-state index contributed by atoms with van der Waals surface area (Å²) in [6, 6.07) is 23.8. The van der Waals surface area contributed by atoms with Crippen molar-refractivity contribution in [3.63, 3.8) is 0 Å².